The molecule has 1 heterocycles. The lowest BCUT2D eigenvalue weighted by molar-refractivity contribution is 0.473. The van der Waals surface area contributed by atoms with Crippen LogP contribution in [0, 0.1) is 0 Å². The SMILES string of the molecule is C[C@H](N)c1ncc(-c2ccccc2)o1.Cl. The first-order valence-corrected chi connectivity index (χ1v) is 4.54. The van der Waals surface area contributed by atoms with Crippen LogP contribution in [-0.4, -0.2) is 4.98 Å². The fourth-order valence-electron chi connectivity index (χ4n) is 1.23. The van der Waals surface area contributed by atoms with Crippen LogP contribution in [0.1, 0.15) is 18.9 Å². The lowest BCUT2D eigenvalue weighted by Gasteiger charge is -1.97. The number of aromatic nitrogens is 1. The van der Waals surface area contributed by atoms with Crippen molar-refractivity contribution in [2.75, 3.05) is 0 Å². The maximum Gasteiger partial charge on any atom is 0.211 e. The second-order valence-electron chi connectivity index (χ2n) is 3.22. The summed E-state index contributed by atoms with van der Waals surface area (Å²) in [6, 6.07) is 9.68. The Morgan fingerprint density at radius 3 is 2.47 bits per heavy atom. The molecule has 0 aliphatic heterocycles. The average molecular weight is 225 g/mol. The van der Waals surface area contributed by atoms with Crippen LogP contribution in [0.5, 0.6) is 0 Å². The van der Waals surface area contributed by atoms with E-state index in [-0.39, 0.29) is 18.4 Å². The molecule has 0 spiro atoms. The molecule has 4 heteroatoms. The molecule has 1 atom stereocenters. The monoisotopic (exact) mass is 224 g/mol. The van der Waals surface area contributed by atoms with Gasteiger partial charge in [-0.15, -0.1) is 12.4 Å². The number of nitrogens with zero attached hydrogens (tertiary/aromatic N) is 1. The van der Waals surface area contributed by atoms with E-state index in [9.17, 15) is 0 Å². The van der Waals surface area contributed by atoms with Crippen LogP contribution in [0.2, 0.25) is 0 Å². The number of hydrogen-bond acceptors (Lipinski definition) is 3. The molecule has 0 saturated heterocycles. The molecule has 80 valence electrons. The van der Waals surface area contributed by atoms with Gasteiger partial charge in [0.2, 0.25) is 5.89 Å². The van der Waals surface area contributed by atoms with Crippen molar-refractivity contribution in [3.8, 4) is 11.3 Å². The van der Waals surface area contributed by atoms with E-state index in [0.717, 1.165) is 11.3 Å². The van der Waals surface area contributed by atoms with Crippen LogP contribution in [0.3, 0.4) is 0 Å². The Hall–Kier alpha value is -1.32. The normalized spacial score (nSPS) is 11.9. The molecule has 2 N–H and O–H groups in total. The first-order valence-electron chi connectivity index (χ1n) is 4.54. The Morgan fingerprint density at radius 1 is 1.27 bits per heavy atom. The molecule has 1 aromatic carbocycles. The Morgan fingerprint density at radius 2 is 1.93 bits per heavy atom. The molecule has 0 bridgehead atoms. The summed E-state index contributed by atoms with van der Waals surface area (Å²) in [7, 11) is 0. The zero-order valence-corrected chi connectivity index (χ0v) is 9.20. The van der Waals surface area contributed by atoms with Gasteiger partial charge in [-0.2, -0.15) is 0 Å². The molecule has 0 fully saturated rings. The van der Waals surface area contributed by atoms with Crippen molar-refractivity contribution in [3.05, 3.63) is 42.4 Å². The number of oxazole rings is 1. The van der Waals surface area contributed by atoms with Crippen molar-refractivity contribution in [2.24, 2.45) is 5.73 Å². The van der Waals surface area contributed by atoms with Gasteiger partial charge in [0.25, 0.3) is 0 Å². The van der Waals surface area contributed by atoms with E-state index in [0.29, 0.717) is 5.89 Å². The Labute approximate surface area is 94.7 Å². The standard InChI is InChI=1S/C11H12N2O.ClH/c1-8(12)11-13-7-10(14-11)9-5-3-2-4-6-9;/h2-8H,12H2,1H3;1H/t8-;/m0./s1. The minimum absolute atomic E-state index is 0. The smallest absolute Gasteiger partial charge is 0.211 e. The van der Waals surface area contributed by atoms with Gasteiger partial charge in [0.05, 0.1) is 12.2 Å². The van der Waals surface area contributed by atoms with E-state index < -0.39 is 0 Å². The highest BCUT2D eigenvalue weighted by Crippen LogP contribution is 2.21. The summed E-state index contributed by atoms with van der Waals surface area (Å²) in [4.78, 5) is 4.10. The van der Waals surface area contributed by atoms with Crippen molar-refractivity contribution < 1.29 is 4.42 Å². The quantitative estimate of drug-likeness (QED) is 0.854. The molecule has 15 heavy (non-hydrogen) atoms. The number of benzene rings is 1. The molecule has 2 rings (SSSR count). The number of rotatable bonds is 2. The van der Waals surface area contributed by atoms with Crippen LogP contribution in [0.25, 0.3) is 11.3 Å². The van der Waals surface area contributed by atoms with Crippen molar-refractivity contribution in [2.45, 2.75) is 13.0 Å². The van der Waals surface area contributed by atoms with Crippen molar-refractivity contribution in [1.29, 1.82) is 0 Å². The summed E-state index contributed by atoms with van der Waals surface area (Å²) in [5.74, 6) is 1.33. The summed E-state index contributed by atoms with van der Waals surface area (Å²) in [5.41, 5.74) is 6.67. The van der Waals surface area contributed by atoms with Gasteiger partial charge in [-0.25, -0.2) is 4.98 Å². The average Bonchev–Trinajstić information content (AvgIpc) is 2.68. The minimum atomic E-state index is -0.160. The molecule has 0 aliphatic rings. The third-order valence-corrected chi connectivity index (χ3v) is 1.97. The molecule has 1 aromatic heterocycles. The van der Waals surface area contributed by atoms with Crippen molar-refractivity contribution in [3.63, 3.8) is 0 Å². The van der Waals surface area contributed by atoms with E-state index in [2.05, 4.69) is 4.98 Å². The van der Waals surface area contributed by atoms with Gasteiger partial charge < -0.3 is 10.2 Å². The van der Waals surface area contributed by atoms with Gasteiger partial charge in [-0.05, 0) is 6.92 Å². The fraction of sp³-hybridized carbons (Fsp3) is 0.182. The summed E-state index contributed by atoms with van der Waals surface area (Å²) >= 11 is 0. The first kappa shape index (κ1) is 11.8. The molecule has 2 aromatic rings. The Bertz CT molecular complexity index is 412. The van der Waals surface area contributed by atoms with Crippen LogP contribution in [0.4, 0.5) is 0 Å². The van der Waals surface area contributed by atoms with Gasteiger partial charge >= 0.3 is 0 Å². The lowest BCUT2D eigenvalue weighted by Crippen LogP contribution is -2.04. The van der Waals surface area contributed by atoms with Gasteiger partial charge in [0.15, 0.2) is 5.76 Å². The predicted molar refractivity (Wildman–Crippen MR) is 61.8 cm³/mol. The number of hydrogen-bond donors (Lipinski definition) is 1. The van der Waals surface area contributed by atoms with E-state index in [1.807, 2.05) is 37.3 Å². The summed E-state index contributed by atoms with van der Waals surface area (Å²) < 4.78 is 5.50. The topological polar surface area (TPSA) is 52.0 Å². The maximum absolute atomic E-state index is 5.65. The Balaban J connectivity index is 0.00000112. The number of halogens is 1. The largest absolute Gasteiger partial charge is 0.439 e. The van der Waals surface area contributed by atoms with Crippen LogP contribution in [0.15, 0.2) is 40.9 Å². The zero-order valence-electron chi connectivity index (χ0n) is 8.38. The molecular formula is C11H13ClN2O. The molecule has 0 aliphatic carbocycles. The lowest BCUT2D eigenvalue weighted by atomic mass is 10.2. The van der Waals surface area contributed by atoms with Crippen LogP contribution < -0.4 is 5.73 Å². The fourth-order valence-corrected chi connectivity index (χ4v) is 1.23. The third-order valence-electron chi connectivity index (χ3n) is 1.97. The van der Waals surface area contributed by atoms with Gasteiger partial charge in [-0.1, -0.05) is 30.3 Å². The van der Waals surface area contributed by atoms with E-state index in [1.165, 1.54) is 0 Å². The molecule has 0 saturated carbocycles. The maximum atomic E-state index is 5.65. The van der Waals surface area contributed by atoms with E-state index in [4.69, 9.17) is 10.2 Å². The second kappa shape index (κ2) is 4.96. The summed E-state index contributed by atoms with van der Waals surface area (Å²) in [6.07, 6.45) is 1.70. The number of nitrogens with two attached hydrogens (primary N) is 1. The highest BCUT2D eigenvalue weighted by atomic mass is 35.5. The molecule has 0 radical (unpaired) electrons. The molecule has 0 amide bonds. The van der Waals surface area contributed by atoms with Crippen molar-refractivity contribution in [1.82, 2.24) is 4.98 Å². The first-order chi connectivity index (χ1) is 6.77. The second-order valence-corrected chi connectivity index (χ2v) is 3.22. The van der Waals surface area contributed by atoms with E-state index >= 15 is 0 Å². The van der Waals surface area contributed by atoms with Crippen LogP contribution >= 0.6 is 12.4 Å². The van der Waals surface area contributed by atoms with Gasteiger partial charge in [-0.3, -0.25) is 0 Å². The predicted octanol–water partition coefficient (Wildman–Crippen LogP) is 2.78. The third kappa shape index (κ3) is 2.58. The van der Waals surface area contributed by atoms with Crippen molar-refractivity contribution >= 4 is 12.4 Å². The highest BCUT2D eigenvalue weighted by molar-refractivity contribution is 5.85. The van der Waals surface area contributed by atoms with Gasteiger partial charge in [0.1, 0.15) is 0 Å². The Kier molecular flexibility index (Phi) is 3.88. The van der Waals surface area contributed by atoms with Gasteiger partial charge in [0, 0.05) is 5.56 Å². The molecule has 0 unspecified atom stereocenters. The molecule has 3 nitrogen and oxygen atoms in total. The zero-order chi connectivity index (χ0) is 9.97. The summed E-state index contributed by atoms with van der Waals surface area (Å²) in [5, 5.41) is 0. The minimum Gasteiger partial charge on any atom is -0.439 e. The van der Waals surface area contributed by atoms with E-state index in [1.54, 1.807) is 6.20 Å². The summed E-state index contributed by atoms with van der Waals surface area (Å²) in [6.45, 7) is 1.85. The molecular weight excluding hydrogens is 212 g/mol. The van der Waals surface area contributed by atoms with Crippen LogP contribution in [-0.2, 0) is 0 Å². The highest BCUT2D eigenvalue weighted by Gasteiger charge is 2.08.